The molecule has 0 saturated heterocycles. The summed E-state index contributed by atoms with van der Waals surface area (Å²) < 4.78 is 9.56. The van der Waals surface area contributed by atoms with Crippen molar-refractivity contribution in [3.05, 3.63) is 0 Å². The second kappa shape index (κ2) is 9.74. The van der Waals surface area contributed by atoms with E-state index in [1.807, 2.05) is 6.92 Å². The van der Waals surface area contributed by atoms with Crippen LogP contribution in [0.2, 0.25) is 0 Å². The number of amides is 1. The highest BCUT2D eigenvalue weighted by atomic mass is 16.5. The van der Waals surface area contributed by atoms with Crippen LogP contribution in [0.4, 0.5) is 4.79 Å². The van der Waals surface area contributed by atoms with Crippen LogP contribution in [0.5, 0.6) is 0 Å². The molecule has 0 spiro atoms. The molecule has 0 radical (unpaired) electrons. The molecule has 5 heteroatoms. The molecule has 0 aromatic carbocycles. The zero-order chi connectivity index (χ0) is 14.0. The summed E-state index contributed by atoms with van der Waals surface area (Å²) in [6, 6.07) is 0. The summed E-state index contributed by atoms with van der Waals surface area (Å²) in [6.07, 6.45) is 1.56. The lowest BCUT2D eigenvalue weighted by atomic mass is 9.94. The van der Waals surface area contributed by atoms with E-state index >= 15 is 0 Å². The fourth-order valence-corrected chi connectivity index (χ4v) is 1.72. The average molecular weight is 259 g/mol. The quantitative estimate of drug-likeness (QED) is 0.680. The summed E-state index contributed by atoms with van der Waals surface area (Å²) in [6.45, 7) is 7.02. The Morgan fingerprint density at radius 1 is 1.28 bits per heavy atom. The molecule has 0 unspecified atom stereocenters. The lowest BCUT2D eigenvalue weighted by Crippen LogP contribution is -2.31. The third kappa shape index (κ3) is 8.84. The van der Waals surface area contributed by atoms with Crippen molar-refractivity contribution < 1.29 is 19.1 Å². The first-order valence-electron chi connectivity index (χ1n) is 6.47. The number of methoxy groups -OCH3 is 1. The normalized spacial score (nSPS) is 12.1. The molecule has 0 saturated carbocycles. The summed E-state index contributed by atoms with van der Waals surface area (Å²) in [4.78, 5) is 22.6. The van der Waals surface area contributed by atoms with Crippen molar-refractivity contribution in [1.29, 1.82) is 0 Å². The molecule has 0 bridgehead atoms. The monoisotopic (exact) mass is 259 g/mol. The predicted molar refractivity (Wildman–Crippen MR) is 69.2 cm³/mol. The minimum absolute atomic E-state index is 0.0912. The highest BCUT2D eigenvalue weighted by Crippen LogP contribution is 2.15. The maximum atomic E-state index is 11.5. The molecule has 1 N–H and O–H groups in total. The van der Waals surface area contributed by atoms with Gasteiger partial charge in [-0.3, -0.25) is 4.79 Å². The van der Waals surface area contributed by atoms with E-state index in [9.17, 15) is 9.59 Å². The molecule has 0 aromatic heterocycles. The molecule has 0 aromatic rings. The Balaban J connectivity index is 4.13. The number of hydrogen-bond acceptors (Lipinski definition) is 4. The van der Waals surface area contributed by atoms with Crippen LogP contribution in [0.3, 0.4) is 0 Å². The van der Waals surface area contributed by atoms with Gasteiger partial charge in [-0.05, 0) is 24.7 Å². The van der Waals surface area contributed by atoms with E-state index in [0.717, 1.165) is 12.8 Å². The maximum Gasteiger partial charge on any atom is 0.406 e. The first-order chi connectivity index (χ1) is 8.49. The fraction of sp³-hybridized carbons (Fsp3) is 0.846. The Labute approximate surface area is 109 Å². The van der Waals surface area contributed by atoms with Crippen LogP contribution in [-0.2, 0) is 14.3 Å². The van der Waals surface area contributed by atoms with Crippen LogP contribution >= 0.6 is 0 Å². The number of rotatable bonds is 8. The lowest BCUT2D eigenvalue weighted by Gasteiger charge is -2.18. The predicted octanol–water partition coefficient (Wildman–Crippen LogP) is 2.35. The van der Waals surface area contributed by atoms with Crippen molar-refractivity contribution >= 4 is 12.1 Å². The van der Waals surface area contributed by atoms with Crippen LogP contribution in [0.25, 0.3) is 0 Å². The van der Waals surface area contributed by atoms with Crippen LogP contribution in [0.1, 0.15) is 40.0 Å². The number of carbonyl (C=O) groups excluding carboxylic acids is 2. The standard InChI is InChI=1S/C13H25NO4/c1-5-6-18-12(15)8-11(7-10(2)3)9-14-13(16)17-4/h10-11H,5-9H2,1-4H3,(H,14,16)/t11-/m0/s1. The van der Waals surface area contributed by atoms with Gasteiger partial charge in [-0.25, -0.2) is 4.79 Å². The first-order valence-corrected chi connectivity index (χ1v) is 6.47. The molecule has 0 aliphatic rings. The highest BCUT2D eigenvalue weighted by molar-refractivity contribution is 5.70. The zero-order valence-corrected chi connectivity index (χ0v) is 11.8. The topological polar surface area (TPSA) is 64.6 Å². The molecule has 18 heavy (non-hydrogen) atoms. The van der Waals surface area contributed by atoms with Crippen molar-refractivity contribution in [3.63, 3.8) is 0 Å². The van der Waals surface area contributed by atoms with E-state index < -0.39 is 6.09 Å². The van der Waals surface area contributed by atoms with E-state index in [-0.39, 0.29) is 11.9 Å². The van der Waals surface area contributed by atoms with Gasteiger partial charge in [-0.15, -0.1) is 0 Å². The largest absolute Gasteiger partial charge is 0.466 e. The third-order valence-electron chi connectivity index (χ3n) is 2.45. The second-order valence-corrected chi connectivity index (χ2v) is 4.79. The Morgan fingerprint density at radius 2 is 1.94 bits per heavy atom. The van der Waals surface area contributed by atoms with Gasteiger partial charge >= 0.3 is 12.1 Å². The number of ether oxygens (including phenoxy) is 2. The zero-order valence-electron chi connectivity index (χ0n) is 11.8. The molecule has 0 rings (SSSR count). The van der Waals surface area contributed by atoms with Crippen molar-refractivity contribution in [2.75, 3.05) is 20.3 Å². The first kappa shape index (κ1) is 16.7. The Morgan fingerprint density at radius 3 is 2.44 bits per heavy atom. The SMILES string of the molecule is CCCOC(=O)C[C@@H](CNC(=O)OC)CC(C)C. The number of esters is 1. The molecule has 1 amide bonds. The van der Waals surface area contributed by atoms with Gasteiger partial charge in [0.1, 0.15) is 0 Å². The lowest BCUT2D eigenvalue weighted by molar-refractivity contribution is -0.144. The molecule has 5 nitrogen and oxygen atoms in total. The summed E-state index contributed by atoms with van der Waals surface area (Å²) in [5.41, 5.74) is 0. The Hall–Kier alpha value is -1.26. The maximum absolute atomic E-state index is 11.5. The summed E-state index contributed by atoms with van der Waals surface area (Å²) in [7, 11) is 1.32. The number of hydrogen-bond donors (Lipinski definition) is 1. The van der Waals surface area contributed by atoms with Crippen molar-refractivity contribution in [2.45, 2.75) is 40.0 Å². The highest BCUT2D eigenvalue weighted by Gasteiger charge is 2.17. The van der Waals surface area contributed by atoms with Gasteiger partial charge in [0, 0.05) is 6.54 Å². The van der Waals surface area contributed by atoms with Crippen LogP contribution in [-0.4, -0.2) is 32.3 Å². The molecule has 0 fully saturated rings. The fourth-order valence-electron chi connectivity index (χ4n) is 1.72. The van der Waals surface area contributed by atoms with E-state index in [4.69, 9.17) is 4.74 Å². The molecule has 0 aliphatic heterocycles. The summed E-state index contributed by atoms with van der Waals surface area (Å²) in [5.74, 6) is 0.357. The van der Waals surface area contributed by atoms with E-state index in [0.29, 0.717) is 25.5 Å². The number of alkyl carbamates (subject to hydrolysis) is 1. The van der Waals surface area contributed by atoms with E-state index in [1.54, 1.807) is 0 Å². The summed E-state index contributed by atoms with van der Waals surface area (Å²) in [5, 5.41) is 2.63. The van der Waals surface area contributed by atoms with Crippen LogP contribution < -0.4 is 5.32 Å². The van der Waals surface area contributed by atoms with Crippen LogP contribution in [0, 0.1) is 11.8 Å². The molecule has 1 atom stereocenters. The molecular formula is C13H25NO4. The molecular weight excluding hydrogens is 234 g/mol. The number of carbonyl (C=O) groups is 2. The third-order valence-corrected chi connectivity index (χ3v) is 2.45. The average Bonchev–Trinajstić information content (AvgIpc) is 2.32. The van der Waals surface area contributed by atoms with Crippen molar-refractivity contribution in [1.82, 2.24) is 5.32 Å². The van der Waals surface area contributed by atoms with Gasteiger partial charge < -0.3 is 14.8 Å². The van der Waals surface area contributed by atoms with Gasteiger partial charge in [0.2, 0.25) is 0 Å². The molecule has 0 heterocycles. The second-order valence-electron chi connectivity index (χ2n) is 4.79. The Bertz CT molecular complexity index is 253. The van der Waals surface area contributed by atoms with Crippen molar-refractivity contribution in [2.24, 2.45) is 11.8 Å². The smallest absolute Gasteiger partial charge is 0.406 e. The van der Waals surface area contributed by atoms with Gasteiger partial charge in [-0.2, -0.15) is 0 Å². The summed E-state index contributed by atoms with van der Waals surface area (Å²) >= 11 is 0. The van der Waals surface area contributed by atoms with Gasteiger partial charge in [0.15, 0.2) is 0 Å². The van der Waals surface area contributed by atoms with Crippen LogP contribution in [0.15, 0.2) is 0 Å². The van der Waals surface area contributed by atoms with Crippen molar-refractivity contribution in [3.8, 4) is 0 Å². The van der Waals surface area contributed by atoms with Gasteiger partial charge in [0.25, 0.3) is 0 Å². The van der Waals surface area contributed by atoms with E-state index in [2.05, 4.69) is 23.9 Å². The minimum Gasteiger partial charge on any atom is -0.466 e. The van der Waals surface area contributed by atoms with Gasteiger partial charge in [-0.1, -0.05) is 20.8 Å². The van der Waals surface area contributed by atoms with Gasteiger partial charge in [0.05, 0.1) is 20.1 Å². The molecule has 106 valence electrons. The Kier molecular flexibility index (Phi) is 9.06. The number of nitrogens with one attached hydrogen (secondary N) is 1. The van der Waals surface area contributed by atoms with E-state index in [1.165, 1.54) is 7.11 Å². The minimum atomic E-state index is -0.467. The molecule has 0 aliphatic carbocycles.